The van der Waals surface area contributed by atoms with E-state index in [2.05, 4.69) is 0 Å². The summed E-state index contributed by atoms with van der Waals surface area (Å²) >= 11 is 0. The van der Waals surface area contributed by atoms with Gasteiger partial charge >= 0.3 is 5.97 Å². The number of carboxylic acid groups (broad SMARTS) is 1. The van der Waals surface area contributed by atoms with Crippen molar-refractivity contribution in [2.75, 3.05) is 21.3 Å². The van der Waals surface area contributed by atoms with Crippen molar-refractivity contribution in [3.8, 4) is 28.4 Å². The molecule has 0 spiro atoms. The zero-order chi connectivity index (χ0) is 17.4. The van der Waals surface area contributed by atoms with Crippen LogP contribution in [0.3, 0.4) is 0 Å². The van der Waals surface area contributed by atoms with E-state index in [1.54, 1.807) is 12.1 Å². The number of carboxylic acids is 1. The normalized spacial score (nSPS) is 13.4. The molecule has 3 rings (SSSR count). The van der Waals surface area contributed by atoms with Crippen LogP contribution in [-0.2, 0) is 4.79 Å². The van der Waals surface area contributed by atoms with Gasteiger partial charge in [-0.1, -0.05) is 6.07 Å². The van der Waals surface area contributed by atoms with Crippen molar-refractivity contribution in [1.29, 1.82) is 0 Å². The van der Waals surface area contributed by atoms with E-state index in [1.165, 1.54) is 33.5 Å². The Bertz CT molecular complexity index is 870. The molecule has 0 bridgehead atoms. The van der Waals surface area contributed by atoms with Crippen LogP contribution < -0.4 is 14.2 Å². The monoisotopic (exact) mass is 330 g/mol. The van der Waals surface area contributed by atoms with Crippen molar-refractivity contribution in [3.05, 3.63) is 47.3 Å². The molecule has 0 heterocycles. The number of aliphatic carboxylic acids is 1. The molecule has 0 aromatic heterocycles. The highest BCUT2D eigenvalue weighted by Gasteiger charge is 2.32. The van der Waals surface area contributed by atoms with Crippen molar-refractivity contribution >= 4 is 11.5 Å². The SMILES string of the molecule is COc1cc2c(c(OC)c1OC)-c1ccc(F)cc1/C2=C\C(=O)O. The van der Waals surface area contributed by atoms with Crippen LogP contribution in [0, 0.1) is 5.82 Å². The summed E-state index contributed by atoms with van der Waals surface area (Å²) in [7, 11) is 4.45. The van der Waals surface area contributed by atoms with Crippen LogP contribution in [0.1, 0.15) is 11.1 Å². The van der Waals surface area contributed by atoms with Crippen molar-refractivity contribution in [2.24, 2.45) is 0 Å². The summed E-state index contributed by atoms with van der Waals surface area (Å²) in [5.41, 5.74) is 2.80. The maximum Gasteiger partial charge on any atom is 0.328 e. The molecule has 1 aliphatic rings. The third-order valence-corrected chi connectivity index (χ3v) is 3.93. The molecule has 0 saturated carbocycles. The van der Waals surface area contributed by atoms with Crippen molar-refractivity contribution < 1.29 is 28.5 Å². The van der Waals surface area contributed by atoms with Crippen LogP contribution in [0.5, 0.6) is 17.2 Å². The van der Waals surface area contributed by atoms with Crippen LogP contribution in [0.4, 0.5) is 4.39 Å². The van der Waals surface area contributed by atoms with Crippen molar-refractivity contribution in [2.45, 2.75) is 0 Å². The van der Waals surface area contributed by atoms with E-state index >= 15 is 0 Å². The summed E-state index contributed by atoms with van der Waals surface area (Å²) in [5.74, 6) is -0.366. The second-order valence-electron chi connectivity index (χ2n) is 5.15. The molecule has 0 radical (unpaired) electrons. The molecule has 124 valence electrons. The Morgan fingerprint density at radius 2 is 1.71 bits per heavy atom. The van der Waals surface area contributed by atoms with E-state index in [0.717, 1.165) is 6.08 Å². The standard InChI is InChI=1S/C18H15FO5/c1-22-14-7-13-12(8-15(20)21)11-6-9(19)4-5-10(11)16(13)18(24-3)17(14)23-2/h4-8H,1-3H3,(H,20,21)/b12-8+. The molecule has 0 amide bonds. The van der Waals surface area contributed by atoms with Gasteiger partial charge in [0.05, 0.1) is 21.3 Å². The molecule has 2 aromatic carbocycles. The Morgan fingerprint density at radius 3 is 2.29 bits per heavy atom. The number of methoxy groups -OCH3 is 3. The topological polar surface area (TPSA) is 65.0 Å². The van der Waals surface area contributed by atoms with Crippen LogP contribution >= 0.6 is 0 Å². The molecule has 1 aliphatic carbocycles. The Morgan fingerprint density at radius 1 is 1.00 bits per heavy atom. The highest BCUT2D eigenvalue weighted by Crippen LogP contribution is 2.55. The van der Waals surface area contributed by atoms with Crippen LogP contribution in [0.15, 0.2) is 30.3 Å². The maximum atomic E-state index is 13.7. The quantitative estimate of drug-likeness (QED) is 0.743. The number of hydrogen-bond acceptors (Lipinski definition) is 4. The van der Waals surface area contributed by atoms with Crippen LogP contribution in [0.2, 0.25) is 0 Å². The molecule has 0 fully saturated rings. The summed E-state index contributed by atoms with van der Waals surface area (Å²) in [5, 5.41) is 9.19. The first-order chi connectivity index (χ1) is 11.5. The van der Waals surface area contributed by atoms with Gasteiger partial charge in [0.25, 0.3) is 0 Å². The predicted octanol–water partition coefficient (Wildman–Crippen LogP) is 3.35. The molecule has 0 atom stereocenters. The lowest BCUT2D eigenvalue weighted by Gasteiger charge is -2.16. The molecular formula is C18H15FO5. The van der Waals surface area contributed by atoms with E-state index in [1.807, 2.05) is 0 Å². The third-order valence-electron chi connectivity index (χ3n) is 3.93. The summed E-state index contributed by atoms with van der Waals surface area (Å²) in [6.07, 6.45) is 1.05. The van der Waals surface area contributed by atoms with Crippen LogP contribution in [0.25, 0.3) is 16.7 Å². The first kappa shape index (κ1) is 15.9. The summed E-state index contributed by atoms with van der Waals surface area (Å²) < 4.78 is 29.9. The molecule has 5 nitrogen and oxygen atoms in total. The fourth-order valence-electron chi connectivity index (χ4n) is 3.02. The average Bonchev–Trinajstić information content (AvgIpc) is 2.85. The average molecular weight is 330 g/mol. The Hall–Kier alpha value is -3.02. The van der Waals surface area contributed by atoms with E-state index in [-0.39, 0.29) is 0 Å². The first-order valence-electron chi connectivity index (χ1n) is 7.10. The smallest absolute Gasteiger partial charge is 0.328 e. The van der Waals surface area contributed by atoms with Gasteiger partial charge in [-0.05, 0) is 40.5 Å². The van der Waals surface area contributed by atoms with E-state index in [0.29, 0.717) is 45.1 Å². The maximum absolute atomic E-state index is 13.7. The van der Waals surface area contributed by atoms with Gasteiger partial charge in [-0.2, -0.15) is 0 Å². The molecular weight excluding hydrogens is 315 g/mol. The lowest BCUT2D eigenvalue weighted by atomic mass is 10.0. The fraction of sp³-hybridized carbons (Fsp3) is 0.167. The van der Waals surface area contributed by atoms with Gasteiger partial charge in [-0.3, -0.25) is 0 Å². The second kappa shape index (κ2) is 5.88. The number of ether oxygens (including phenoxy) is 3. The minimum Gasteiger partial charge on any atom is -0.493 e. The lowest BCUT2D eigenvalue weighted by molar-refractivity contribution is -0.131. The number of hydrogen-bond donors (Lipinski definition) is 1. The van der Waals surface area contributed by atoms with E-state index < -0.39 is 11.8 Å². The van der Waals surface area contributed by atoms with Gasteiger partial charge in [0.2, 0.25) is 5.75 Å². The minimum absolute atomic E-state index is 0.394. The highest BCUT2D eigenvalue weighted by atomic mass is 19.1. The molecule has 0 aliphatic heterocycles. The predicted molar refractivity (Wildman–Crippen MR) is 86.2 cm³/mol. The summed E-state index contributed by atoms with van der Waals surface area (Å²) in [6, 6.07) is 5.90. The largest absolute Gasteiger partial charge is 0.493 e. The fourth-order valence-corrected chi connectivity index (χ4v) is 3.02. The van der Waals surface area contributed by atoms with Crippen LogP contribution in [-0.4, -0.2) is 32.4 Å². The first-order valence-corrected chi connectivity index (χ1v) is 7.10. The van der Waals surface area contributed by atoms with E-state index in [4.69, 9.17) is 14.2 Å². The Balaban J connectivity index is 2.44. The van der Waals surface area contributed by atoms with Gasteiger partial charge in [0.1, 0.15) is 5.82 Å². The molecule has 0 unspecified atom stereocenters. The third kappa shape index (κ3) is 2.27. The Labute approximate surface area is 137 Å². The van der Waals surface area contributed by atoms with Gasteiger partial charge in [-0.25, -0.2) is 9.18 Å². The molecule has 6 heteroatoms. The number of benzene rings is 2. The highest BCUT2D eigenvalue weighted by molar-refractivity contribution is 6.09. The minimum atomic E-state index is -1.12. The molecule has 24 heavy (non-hydrogen) atoms. The second-order valence-corrected chi connectivity index (χ2v) is 5.15. The number of halogens is 1. The number of carbonyl (C=O) groups is 1. The zero-order valence-corrected chi connectivity index (χ0v) is 13.3. The van der Waals surface area contributed by atoms with Gasteiger partial charge in [-0.15, -0.1) is 0 Å². The van der Waals surface area contributed by atoms with E-state index in [9.17, 15) is 14.3 Å². The van der Waals surface area contributed by atoms with Crippen molar-refractivity contribution in [3.63, 3.8) is 0 Å². The van der Waals surface area contributed by atoms with Gasteiger partial charge in [0, 0.05) is 11.6 Å². The number of rotatable bonds is 4. The Kier molecular flexibility index (Phi) is 3.89. The van der Waals surface area contributed by atoms with Gasteiger partial charge in [0.15, 0.2) is 11.5 Å². The van der Waals surface area contributed by atoms with Crippen molar-refractivity contribution in [1.82, 2.24) is 0 Å². The molecule has 1 N–H and O–H groups in total. The summed E-state index contributed by atoms with van der Waals surface area (Å²) in [6.45, 7) is 0. The zero-order valence-electron chi connectivity index (χ0n) is 13.3. The summed E-state index contributed by atoms with van der Waals surface area (Å²) in [4.78, 5) is 11.2. The lowest BCUT2D eigenvalue weighted by Crippen LogP contribution is -1.98. The molecule has 2 aromatic rings. The molecule has 0 saturated heterocycles. The van der Waals surface area contributed by atoms with Gasteiger partial charge < -0.3 is 19.3 Å². The number of fused-ring (bicyclic) bond motifs is 3.